The van der Waals surface area contributed by atoms with Crippen LogP contribution in [0.3, 0.4) is 0 Å². The van der Waals surface area contributed by atoms with E-state index in [2.05, 4.69) is 10.3 Å². The van der Waals surface area contributed by atoms with Crippen molar-refractivity contribution in [1.29, 1.82) is 0 Å². The lowest BCUT2D eigenvalue weighted by atomic mass is 10.3. The number of aromatic nitrogens is 2. The normalized spacial score (nSPS) is 11.3. The van der Waals surface area contributed by atoms with Crippen molar-refractivity contribution in [2.45, 2.75) is 4.90 Å². The van der Waals surface area contributed by atoms with E-state index in [4.69, 9.17) is 5.14 Å². The average molecular weight is 298 g/mol. The Hall–Kier alpha value is -2.26. The number of nitrogens with two attached hydrogens (primary N) is 1. The molecule has 0 spiro atoms. The van der Waals surface area contributed by atoms with Crippen LogP contribution < -0.4 is 10.5 Å². The first-order chi connectivity index (χ1) is 9.29. The van der Waals surface area contributed by atoms with Gasteiger partial charge in [-0.25, -0.2) is 22.9 Å². The quantitative estimate of drug-likeness (QED) is 0.858. The van der Waals surface area contributed by atoms with Crippen LogP contribution in [0.1, 0.15) is 10.5 Å². The Morgan fingerprint density at radius 3 is 2.65 bits per heavy atom. The molecule has 3 N–H and O–H groups in total. The minimum Gasteiger partial charge on any atom is -0.330 e. The van der Waals surface area contributed by atoms with Crippen LogP contribution in [-0.2, 0) is 17.1 Å². The number of halogens is 1. The number of hydrogen-bond donors (Lipinski definition) is 2. The minimum absolute atomic E-state index is 0.112. The number of benzene rings is 1. The monoisotopic (exact) mass is 298 g/mol. The second-order valence-electron chi connectivity index (χ2n) is 4.03. The van der Waals surface area contributed by atoms with E-state index in [1.807, 2.05) is 0 Å². The van der Waals surface area contributed by atoms with Crippen LogP contribution in [0.4, 0.5) is 10.1 Å². The Morgan fingerprint density at radius 2 is 2.15 bits per heavy atom. The maximum Gasteiger partial charge on any atom is 0.273 e. The molecule has 0 aliphatic rings. The number of carbonyl (C=O) groups excluding carboxylic acids is 1. The van der Waals surface area contributed by atoms with E-state index in [9.17, 15) is 17.6 Å². The maximum atomic E-state index is 13.6. The van der Waals surface area contributed by atoms with E-state index < -0.39 is 26.6 Å². The number of aryl methyl sites for hydroxylation is 1. The Bertz CT molecular complexity index is 770. The smallest absolute Gasteiger partial charge is 0.273 e. The third-order valence-corrected chi connectivity index (χ3v) is 3.49. The van der Waals surface area contributed by atoms with E-state index in [-0.39, 0.29) is 11.4 Å². The molecule has 1 aromatic carbocycles. The van der Waals surface area contributed by atoms with E-state index in [0.717, 1.165) is 12.1 Å². The van der Waals surface area contributed by atoms with Crippen LogP contribution in [0.15, 0.2) is 35.6 Å². The second kappa shape index (κ2) is 5.02. The number of nitrogens with one attached hydrogen (secondary N) is 1. The van der Waals surface area contributed by atoms with Crippen LogP contribution >= 0.6 is 0 Å². The molecule has 9 heteroatoms. The highest BCUT2D eigenvalue weighted by molar-refractivity contribution is 7.89. The lowest BCUT2D eigenvalue weighted by Gasteiger charge is -2.07. The summed E-state index contributed by atoms with van der Waals surface area (Å²) in [6.07, 6.45) is 2.80. The van der Waals surface area contributed by atoms with Crippen molar-refractivity contribution in [3.05, 3.63) is 42.2 Å². The Balaban J connectivity index is 2.26. The van der Waals surface area contributed by atoms with Crippen LogP contribution in [0.25, 0.3) is 0 Å². The van der Waals surface area contributed by atoms with Crippen molar-refractivity contribution in [2.75, 3.05) is 5.32 Å². The largest absolute Gasteiger partial charge is 0.330 e. The lowest BCUT2D eigenvalue weighted by Crippen LogP contribution is -2.17. The van der Waals surface area contributed by atoms with Crippen molar-refractivity contribution in [3.8, 4) is 0 Å². The van der Waals surface area contributed by atoms with Crippen LogP contribution in [-0.4, -0.2) is 23.9 Å². The van der Waals surface area contributed by atoms with Gasteiger partial charge in [-0.05, 0) is 18.2 Å². The van der Waals surface area contributed by atoms with Gasteiger partial charge in [0.05, 0.1) is 12.5 Å². The van der Waals surface area contributed by atoms with Gasteiger partial charge in [0.25, 0.3) is 5.91 Å². The average Bonchev–Trinajstić information content (AvgIpc) is 2.73. The predicted molar refractivity (Wildman–Crippen MR) is 68.9 cm³/mol. The Kier molecular flexibility index (Phi) is 3.55. The Morgan fingerprint density at radius 1 is 1.45 bits per heavy atom. The number of sulfonamides is 1. The van der Waals surface area contributed by atoms with E-state index in [1.165, 1.54) is 23.2 Å². The van der Waals surface area contributed by atoms with Gasteiger partial charge in [0, 0.05) is 12.7 Å². The van der Waals surface area contributed by atoms with Gasteiger partial charge < -0.3 is 9.88 Å². The number of rotatable bonds is 3. The fourth-order valence-electron chi connectivity index (χ4n) is 1.58. The molecular weight excluding hydrogens is 287 g/mol. The summed E-state index contributed by atoms with van der Waals surface area (Å²) in [5.74, 6) is -1.52. The summed E-state index contributed by atoms with van der Waals surface area (Å²) in [7, 11) is -2.50. The molecule has 106 valence electrons. The third kappa shape index (κ3) is 2.83. The standard InChI is InChI=1S/C11H11FN4O3S/c1-16-6-14-5-9(16)11(17)15-7-2-3-10(8(12)4-7)20(13,18)19/h2-6H,1H3,(H,15,17)(H2,13,18,19). The van der Waals surface area contributed by atoms with Gasteiger partial charge in [-0.15, -0.1) is 0 Å². The van der Waals surface area contributed by atoms with Gasteiger partial charge in [0.1, 0.15) is 16.4 Å². The highest BCUT2D eigenvalue weighted by Gasteiger charge is 2.16. The highest BCUT2D eigenvalue weighted by Crippen LogP contribution is 2.18. The molecule has 0 atom stereocenters. The van der Waals surface area contributed by atoms with E-state index in [1.54, 1.807) is 7.05 Å². The third-order valence-electron chi connectivity index (χ3n) is 2.55. The number of amides is 1. The van der Waals surface area contributed by atoms with Crippen molar-refractivity contribution in [1.82, 2.24) is 9.55 Å². The summed E-state index contributed by atoms with van der Waals surface area (Å²) in [6, 6.07) is 3.12. The fraction of sp³-hybridized carbons (Fsp3) is 0.0909. The number of primary sulfonamides is 1. The molecule has 2 aromatic rings. The number of carbonyl (C=O) groups is 1. The maximum absolute atomic E-state index is 13.6. The molecule has 0 fully saturated rings. The zero-order valence-electron chi connectivity index (χ0n) is 10.4. The number of hydrogen-bond acceptors (Lipinski definition) is 4. The number of anilines is 1. The van der Waals surface area contributed by atoms with Crippen molar-refractivity contribution >= 4 is 21.6 Å². The summed E-state index contributed by atoms with van der Waals surface area (Å²) >= 11 is 0. The molecule has 1 aromatic heterocycles. The molecule has 1 heterocycles. The molecule has 0 aliphatic carbocycles. The van der Waals surface area contributed by atoms with Gasteiger partial charge in [0.15, 0.2) is 0 Å². The van der Waals surface area contributed by atoms with Gasteiger partial charge in [-0.2, -0.15) is 0 Å². The van der Waals surface area contributed by atoms with Gasteiger partial charge in [-0.3, -0.25) is 4.79 Å². The molecule has 0 saturated heterocycles. The summed E-state index contributed by atoms with van der Waals surface area (Å²) in [6.45, 7) is 0. The van der Waals surface area contributed by atoms with Crippen molar-refractivity contribution in [3.63, 3.8) is 0 Å². The summed E-state index contributed by atoms with van der Waals surface area (Å²) in [4.78, 5) is 15.0. The number of imidazole rings is 1. The minimum atomic E-state index is -4.13. The summed E-state index contributed by atoms with van der Waals surface area (Å²) in [5, 5.41) is 7.27. The summed E-state index contributed by atoms with van der Waals surface area (Å²) < 4.78 is 37.2. The first-order valence-corrected chi connectivity index (χ1v) is 6.93. The van der Waals surface area contributed by atoms with Gasteiger partial charge in [0.2, 0.25) is 10.0 Å². The fourth-order valence-corrected chi connectivity index (χ4v) is 2.17. The van der Waals surface area contributed by atoms with E-state index in [0.29, 0.717) is 0 Å². The highest BCUT2D eigenvalue weighted by atomic mass is 32.2. The zero-order valence-corrected chi connectivity index (χ0v) is 11.2. The second-order valence-corrected chi connectivity index (χ2v) is 5.56. The molecule has 0 aliphatic heterocycles. The molecule has 0 unspecified atom stereocenters. The molecule has 7 nitrogen and oxygen atoms in total. The lowest BCUT2D eigenvalue weighted by molar-refractivity contribution is 0.101. The van der Waals surface area contributed by atoms with Crippen molar-refractivity contribution < 1.29 is 17.6 Å². The molecule has 20 heavy (non-hydrogen) atoms. The molecule has 0 radical (unpaired) electrons. The topological polar surface area (TPSA) is 107 Å². The van der Waals surface area contributed by atoms with Crippen LogP contribution in [0.2, 0.25) is 0 Å². The van der Waals surface area contributed by atoms with Gasteiger partial charge >= 0.3 is 0 Å². The van der Waals surface area contributed by atoms with Gasteiger partial charge in [-0.1, -0.05) is 0 Å². The molecule has 2 rings (SSSR count). The molecule has 1 amide bonds. The molecule has 0 bridgehead atoms. The predicted octanol–water partition coefficient (Wildman–Crippen LogP) is 0.459. The number of nitrogens with zero attached hydrogens (tertiary/aromatic N) is 2. The first kappa shape index (κ1) is 14.2. The SMILES string of the molecule is Cn1cncc1C(=O)Nc1ccc(S(N)(=O)=O)c(F)c1. The van der Waals surface area contributed by atoms with Crippen molar-refractivity contribution in [2.24, 2.45) is 12.2 Å². The molecule has 0 saturated carbocycles. The first-order valence-electron chi connectivity index (χ1n) is 5.39. The molecular formula is C11H11FN4O3S. The van der Waals surface area contributed by atoms with Crippen LogP contribution in [0, 0.1) is 5.82 Å². The van der Waals surface area contributed by atoms with E-state index >= 15 is 0 Å². The zero-order chi connectivity index (χ0) is 14.9. The Labute approximate surface area is 114 Å². The summed E-state index contributed by atoms with van der Waals surface area (Å²) in [5.41, 5.74) is 0.391. The van der Waals surface area contributed by atoms with Crippen LogP contribution in [0.5, 0.6) is 0 Å².